The van der Waals surface area contributed by atoms with Crippen LogP contribution in [0, 0.1) is 18.2 Å². The van der Waals surface area contributed by atoms with Gasteiger partial charge in [-0.1, -0.05) is 97.6 Å². The molecule has 58 heavy (non-hydrogen) atoms. The largest absolute Gasteiger partial charge is 3.00 e. The molecule has 0 saturated carbocycles. The molecule has 0 radical (unpaired) electrons. The summed E-state index contributed by atoms with van der Waals surface area (Å²) >= 11 is 0. The van der Waals surface area contributed by atoms with E-state index in [-0.39, 0.29) is 48.8 Å². The second kappa shape index (κ2) is 17.2. The number of hydrogen-bond acceptors (Lipinski definition) is 4. The average Bonchev–Trinajstić information content (AvgIpc) is 3.71. The molecule has 4 aromatic heterocycles. The van der Waals surface area contributed by atoms with Crippen LogP contribution in [0.5, 0.6) is 0 Å². The molecule has 0 saturated heterocycles. The van der Waals surface area contributed by atoms with E-state index < -0.39 is 30.9 Å². The van der Waals surface area contributed by atoms with Gasteiger partial charge in [-0.25, -0.2) is 0 Å². The molecule has 9 aromatic rings. The number of nitrogens with zero attached hydrogens (tertiary/aromatic N) is 3. The van der Waals surface area contributed by atoms with Gasteiger partial charge in [-0.3, -0.25) is 0 Å². The summed E-state index contributed by atoms with van der Waals surface area (Å²) in [7, 11) is 0. The summed E-state index contributed by atoms with van der Waals surface area (Å²) in [5, 5.41) is 1.96. The van der Waals surface area contributed by atoms with E-state index in [1.54, 1.807) is 42.6 Å². The Morgan fingerprint density at radius 1 is 0.534 bits per heavy atom. The van der Waals surface area contributed by atoms with E-state index in [0.717, 1.165) is 27.5 Å². The van der Waals surface area contributed by atoms with Gasteiger partial charge in [-0.05, 0) is 93.9 Å². The van der Waals surface area contributed by atoms with Crippen LogP contribution in [0.25, 0.3) is 55.7 Å². The van der Waals surface area contributed by atoms with E-state index in [4.69, 9.17) is 9.40 Å². The maximum absolute atomic E-state index is 9.45. The zero-order valence-corrected chi connectivity index (χ0v) is 34.2. The van der Waals surface area contributed by atoms with Gasteiger partial charge in [0.05, 0.1) is 5.58 Å². The van der Waals surface area contributed by atoms with Gasteiger partial charge in [-0.2, -0.15) is 0 Å². The molecule has 0 atom stereocenters. The van der Waals surface area contributed by atoms with E-state index in [2.05, 4.69) is 28.2 Å². The molecule has 0 aliphatic carbocycles. The minimum absolute atomic E-state index is 0. The van der Waals surface area contributed by atoms with Crippen molar-refractivity contribution in [1.82, 2.24) is 15.0 Å². The zero-order chi connectivity index (χ0) is 45.8. The molecule has 4 heterocycles. The van der Waals surface area contributed by atoms with Crippen molar-refractivity contribution < 1.29 is 35.5 Å². The predicted molar refractivity (Wildman–Crippen MR) is 231 cm³/mol. The second-order valence-corrected chi connectivity index (χ2v) is 14.5. The van der Waals surface area contributed by atoms with Crippen LogP contribution < -0.4 is 0 Å². The summed E-state index contributed by atoms with van der Waals surface area (Å²) in [4.78, 5) is 13.8. The number of benzene rings is 5. The summed E-state index contributed by atoms with van der Waals surface area (Å²) in [6.07, 6.45) is -6.18. The van der Waals surface area contributed by atoms with Crippen LogP contribution in [-0.2, 0) is 57.4 Å². The van der Waals surface area contributed by atoms with E-state index >= 15 is 0 Å². The number of rotatable bonds is 12. The third kappa shape index (κ3) is 8.62. The number of para-hydroxylation sites is 1. The average molecular weight is 937 g/mol. The number of fused-ring (bicyclic) bond motifs is 3. The Kier molecular flexibility index (Phi) is 8.95. The van der Waals surface area contributed by atoms with Gasteiger partial charge in [0.2, 0.25) is 0 Å². The van der Waals surface area contributed by atoms with Gasteiger partial charge >= 0.3 is 20.1 Å². The van der Waals surface area contributed by atoms with Crippen LogP contribution >= 0.6 is 0 Å². The van der Waals surface area contributed by atoms with Gasteiger partial charge in [0.15, 0.2) is 0 Å². The third-order valence-corrected chi connectivity index (χ3v) is 9.98. The van der Waals surface area contributed by atoms with Crippen molar-refractivity contribution in [1.29, 1.82) is 0 Å². The SMILES string of the molecule is [2H]C([2H])(c1ccc(-c2[c-]cccc2)nc1)C([2H])([2H])c1cc(CC(C)(C)c2ccc(-c3[c-]ccc4c3oc3ccccc34)nc2)cc(C([2H])([2H])C([2H])([2H])c2ccc(-c3[c-]cccc3)nc2)c1.[Ir+3]. The quantitative estimate of drug-likeness (QED) is 0.115. The Hall–Kier alpha value is -6.00. The fourth-order valence-corrected chi connectivity index (χ4v) is 7.02. The van der Waals surface area contributed by atoms with Gasteiger partial charge in [0.1, 0.15) is 5.58 Å². The fourth-order valence-electron chi connectivity index (χ4n) is 7.02. The molecule has 0 spiro atoms. The van der Waals surface area contributed by atoms with Gasteiger partial charge in [-0.15, -0.1) is 90.0 Å². The smallest absolute Gasteiger partial charge is 0.501 e. The Morgan fingerprint density at radius 3 is 1.67 bits per heavy atom. The Balaban J connectivity index is 0.00000592. The van der Waals surface area contributed by atoms with Crippen molar-refractivity contribution in [3.63, 3.8) is 0 Å². The first-order valence-corrected chi connectivity index (χ1v) is 18.8. The molecule has 0 fully saturated rings. The first-order chi connectivity index (χ1) is 31.0. The first kappa shape index (κ1) is 30.1. The molecule has 0 bridgehead atoms. The van der Waals surface area contributed by atoms with E-state index in [1.807, 2.05) is 98.8 Å². The summed E-state index contributed by atoms with van der Waals surface area (Å²) < 4.78 is 81.1. The normalized spacial score (nSPS) is 14.5. The Bertz CT molecular complexity index is 3020. The van der Waals surface area contributed by atoms with Crippen molar-refractivity contribution in [2.45, 2.75) is 51.2 Å². The van der Waals surface area contributed by atoms with Crippen molar-refractivity contribution in [3.8, 4) is 33.8 Å². The van der Waals surface area contributed by atoms with Gasteiger partial charge in [0, 0.05) is 34.9 Å². The third-order valence-electron chi connectivity index (χ3n) is 9.98. The van der Waals surface area contributed by atoms with E-state index in [0.29, 0.717) is 39.4 Å². The van der Waals surface area contributed by atoms with Crippen molar-refractivity contribution in [2.75, 3.05) is 0 Å². The maximum Gasteiger partial charge on any atom is 3.00 e. The number of pyridine rings is 3. The molecule has 0 aliphatic heterocycles. The molecule has 0 unspecified atom stereocenters. The number of furan rings is 1. The van der Waals surface area contributed by atoms with E-state index in [1.165, 1.54) is 30.6 Å². The topological polar surface area (TPSA) is 51.8 Å². The number of aromatic nitrogens is 3. The standard InChI is InChI=1S/C53H42N3O.Ir/c1-53(2,44-26-29-50(56-36-44)47-18-11-17-46-45-16-9-10-19-51(45)57-52(46)47)33-41-31-39(22-20-37-24-27-48(54-34-37)42-12-5-3-6-13-42)30-40(32-41)23-21-38-25-28-49(55-35-38)43-14-7-4-8-15-43;/h3-12,14,16-17,19,24-32,34-36H,20-23,33H2,1-2H3;/q-3;+3/i20D2,21D2,22D2,23D2;. The van der Waals surface area contributed by atoms with Crippen LogP contribution in [0.4, 0.5) is 0 Å². The summed E-state index contributed by atoms with van der Waals surface area (Å²) in [5.41, 5.74) is 5.65. The van der Waals surface area contributed by atoms with Crippen LogP contribution in [0.2, 0.25) is 0 Å². The van der Waals surface area contributed by atoms with Crippen molar-refractivity contribution in [3.05, 3.63) is 210 Å². The molecular formula is C53H42IrN3O. The monoisotopic (exact) mass is 937 g/mol. The molecular weight excluding hydrogens is 887 g/mol. The molecule has 0 amide bonds. The summed E-state index contributed by atoms with van der Waals surface area (Å²) in [6.45, 7) is 4.00. The molecule has 0 N–H and O–H groups in total. The Labute approximate surface area is 365 Å². The molecule has 4 nitrogen and oxygen atoms in total. The molecule has 5 heteroatoms. The van der Waals surface area contributed by atoms with Crippen LogP contribution in [0.1, 0.15) is 58.2 Å². The zero-order valence-electron chi connectivity index (χ0n) is 39.8. The van der Waals surface area contributed by atoms with Crippen LogP contribution in [0.15, 0.2) is 163 Å². The number of aryl methyl sites for hydroxylation is 4. The fraction of sp³-hybridized carbons (Fsp3) is 0.151. The van der Waals surface area contributed by atoms with Gasteiger partial charge in [0.25, 0.3) is 0 Å². The van der Waals surface area contributed by atoms with Crippen molar-refractivity contribution >= 4 is 21.9 Å². The maximum atomic E-state index is 9.45. The van der Waals surface area contributed by atoms with Crippen LogP contribution in [-0.4, -0.2) is 15.0 Å². The first-order valence-electron chi connectivity index (χ1n) is 22.8. The predicted octanol–water partition coefficient (Wildman–Crippen LogP) is 12.3. The number of hydrogen-bond donors (Lipinski definition) is 0. The minimum atomic E-state index is -2.75. The molecule has 5 aromatic carbocycles. The summed E-state index contributed by atoms with van der Waals surface area (Å²) in [5.74, 6) is 0. The molecule has 9 rings (SSSR count). The second-order valence-electron chi connectivity index (χ2n) is 14.5. The molecule has 0 aliphatic rings. The minimum Gasteiger partial charge on any atom is -0.501 e. The van der Waals surface area contributed by atoms with Gasteiger partial charge < -0.3 is 19.4 Å². The molecule has 284 valence electrons. The summed E-state index contributed by atoms with van der Waals surface area (Å²) in [6, 6.07) is 50.1. The Morgan fingerprint density at radius 2 is 1.10 bits per heavy atom. The van der Waals surface area contributed by atoms with E-state index in [9.17, 15) is 11.0 Å². The van der Waals surface area contributed by atoms with Crippen LogP contribution in [0.3, 0.4) is 0 Å². The van der Waals surface area contributed by atoms with Crippen molar-refractivity contribution in [2.24, 2.45) is 0 Å².